The first kappa shape index (κ1) is 12.9. The van der Waals surface area contributed by atoms with Crippen LogP contribution in [0.25, 0.3) is 0 Å². The number of methoxy groups -OCH3 is 1. The molecular formula is C12H13BrN2O3. The smallest absolute Gasteiger partial charge is 0.255 e. The molecule has 96 valence electrons. The van der Waals surface area contributed by atoms with Crippen LogP contribution in [0, 0.1) is 0 Å². The van der Waals surface area contributed by atoms with Crippen molar-refractivity contribution < 1.29 is 14.3 Å². The van der Waals surface area contributed by atoms with Crippen LogP contribution < -0.4 is 10.1 Å². The van der Waals surface area contributed by atoms with Gasteiger partial charge in [-0.15, -0.1) is 0 Å². The van der Waals surface area contributed by atoms with E-state index in [4.69, 9.17) is 4.74 Å². The predicted molar refractivity (Wildman–Crippen MR) is 69.6 cm³/mol. The molecule has 1 N–H and O–H groups in total. The lowest BCUT2D eigenvalue weighted by molar-refractivity contribution is -0.123. The summed E-state index contributed by atoms with van der Waals surface area (Å²) in [7, 11) is 1.55. The van der Waals surface area contributed by atoms with Crippen molar-refractivity contribution in [1.82, 2.24) is 10.2 Å². The van der Waals surface area contributed by atoms with Crippen molar-refractivity contribution >= 4 is 27.7 Å². The predicted octanol–water partition coefficient (Wildman–Crippen LogP) is 1.03. The summed E-state index contributed by atoms with van der Waals surface area (Å²) < 4.78 is 5.79. The molecule has 1 aromatic rings. The van der Waals surface area contributed by atoms with Crippen LogP contribution in [0.1, 0.15) is 10.4 Å². The Balaban J connectivity index is 2.24. The second-order valence-corrected chi connectivity index (χ2v) is 4.78. The molecule has 0 spiro atoms. The van der Waals surface area contributed by atoms with Gasteiger partial charge in [0.25, 0.3) is 5.91 Å². The highest BCUT2D eigenvalue weighted by Crippen LogP contribution is 2.24. The van der Waals surface area contributed by atoms with Crippen LogP contribution in [-0.4, -0.2) is 43.5 Å². The van der Waals surface area contributed by atoms with E-state index < -0.39 is 0 Å². The number of nitrogens with one attached hydrogen (secondary N) is 1. The quantitative estimate of drug-likeness (QED) is 0.887. The molecule has 2 amide bonds. The Kier molecular flexibility index (Phi) is 3.86. The first-order chi connectivity index (χ1) is 8.61. The second-order valence-electron chi connectivity index (χ2n) is 3.92. The Bertz CT molecular complexity index is 490. The fraction of sp³-hybridized carbons (Fsp3) is 0.333. The Morgan fingerprint density at radius 3 is 2.94 bits per heavy atom. The van der Waals surface area contributed by atoms with Crippen LogP contribution >= 0.6 is 15.9 Å². The molecule has 1 saturated heterocycles. The second kappa shape index (κ2) is 5.39. The van der Waals surface area contributed by atoms with Gasteiger partial charge in [0.2, 0.25) is 5.91 Å². The van der Waals surface area contributed by atoms with Crippen molar-refractivity contribution in [2.45, 2.75) is 0 Å². The van der Waals surface area contributed by atoms with E-state index in [-0.39, 0.29) is 18.4 Å². The summed E-state index contributed by atoms with van der Waals surface area (Å²) in [5.41, 5.74) is 0.504. The number of hydrogen-bond donors (Lipinski definition) is 1. The minimum Gasteiger partial charge on any atom is -0.497 e. The van der Waals surface area contributed by atoms with E-state index in [9.17, 15) is 9.59 Å². The number of carbonyl (C=O) groups excluding carboxylic acids is 2. The normalized spacial score (nSPS) is 15.2. The van der Waals surface area contributed by atoms with Crippen LogP contribution in [-0.2, 0) is 4.79 Å². The maximum Gasteiger partial charge on any atom is 0.255 e. The molecule has 0 atom stereocenters. The Hall–Kier alpha value is -1.56. The van der Waals surface area contributed by atoms with E-state index in [2.05, 4.69) is 21.2 Å². The number of nitrogens with zero attached hydrogens (tertiary/aromatic N) is 1. The average molecular weight is 313 g/mol. The van der Waals surface area contributed by atoms with Crippen LogP contribution in [0.15, 0.2) is 22.7 Å². The summed E-state index contributed by atoms with van der Waals surface area (Å²) in [5, 5.41) is 2.69. The van der Waals surface area contributed by atoms with Gasteiger partial charge >= 0.3 is 0 Å². The van der Waals surface area contributed by atoms with Crippen LogP contribution in [0.4, 0.5) is 0 Å². The first-order valence-corrected chi connectivity index (χ1v) is 6.30. The van der Waals surface area contributed by atoms with Gasteiger partial charge in [0.05, 0.1) is 19.2 Å². The minimum atomic E-state index is -0.171. The zero-order valence-corrected chi connectivity index (χ0v) is 11.5. The number of hydrogen-bond acceptors (Lipinski definition) is 3. The Morgan fingerprint density at radius 2 is 2.28 bits per heavy atom. The maximum atomic E-state index is 12.3. The molecule has 18 heavy (non-hydrogen) atoms. The van der Waals surface area contributed by atoms with E-state index >= 15 is 0 Å². The van der Waals surface area contributed by atoms with Crippen molar-refractivity contribution in [2.75, 3.05) is 26.7 Å². The molecule has 5 nitrogen and oxygen atoms in total. The summed E-state index contributed by atoms with van der Waals surface area (Å²) in [5.74, 6) is 0.312. The van der Waals surface area contributed by atoms with Gasteiger partial charge in [-0.05, 0) is 34.1 Å². The van der Waals surface area contributed by atoms with Crippen molar-refractivity contribution in [1.29, 1.82) is 0 Å². The van der Waals surface area contributed by atoms with Crippen molar-refractivity contribution in [3.63, 3.8) is 0 Å². The van der Waals surface area contributed by atoms with Crippen molar-refractivity contribution in [2.24, 2.45) is 0 Å². The summed E-state index contributed by atoms with van der Waals surface area (Å²) in [6, 6.07) is 5.19. The van der Waals surface area contributed by atoms with Crippen LogP contribution in [0.2, 0.25) is 0 Å². The van der Waals surface area contributed by atoms with E-state index in [1.807, 2.05) is 0 Å². The fourth-order valence-electron chi connectivity index (χ4n) is 1.78. The molecule has 1 fully saturated rings. The van der Waals surface area contributed by atoms with Gasteiger partial charge < -0.3 is 15.0 Å². The van der Waals surface area contributed by atoms with Crippen LogP contribution in [0.5, 0.6) is 5.75 Å². The highest BCUT2D eigenvalue weighted by molar-refractivity contribution is 9.10. The van der Waals surface area contributed by atoms with Gasteiger partial charge in [-0.2, -0.15) is 0 Å². The largest absolute Gasteiger partial charge is 0.497 e. The number of benzene rings is 1. The third kappa shape index (κ3) is 2.64. The van der Waals surface area contributed by atoms with Crippen LogP contribution in [0.3, 0.4) is 0 Å². The Morgan fingerprint density at radius 1 is 1.50 bits per heavy atom. The van der Waals surface area contributed by atoms with Gasteiger partial charge in [-0.3, -0.25) is 9.59 Å². The molecule has 6 heteroatoms. The fourth-order valence-corrected chi connectivity index (χ4v) is 2.19. The van der Waals surface area contributed by atoms with Gasteiger partial charge in [0, 0.05) is 17.6 Å². The summed E-state index contributed by atoms with van der Waals surface area (Å²) in [4.78, 5) is 25.1. The van der Waals surface area contributed by atoms with Gasteiger partial charge in [-0.1, -0.05) is 0 Å². The molecule has 2 rings (SSSR count). The van der Waals surface area contributed by atoms with Gasteiger partial charge in [0.15, 0.2) is 0 Å². The SMILES string of the molecule is COc1ccc(Br)c(C(=O)N2CCNC(=O)C2)c1. The van der Waals surface area contributed by atoms with Crippen molar-refractivity contribution in [3.05, 3.63) is 28.2 Å². The molecule has 0 radical (unpaired) electrons. The molecule has 1 aliphatic rings. The average Bonchev–Trinajstić information content (AvgIpc) is 2.38. The zero-order valence-electron chi connectivity index (χ0n) is 9.90. The first-order valence-electron chi connectivity index (χ1n) is 5.51. The molecule has 0 bridgehead atoms. The number of rotatable bonds is 2. The third-order valence-electron chi connectivity index (χ3n) is 2.73. The third-order valence-corrected chi connectivity index (χ3v) is 3.42. The number of ether oxygens (including phenoxy) is 1. The van der Waals surface area contributed by atoms with E-state index in [0.717, 1.165) is 0 Å². The topological polar surface area (TPSA) is 58.6 Å². The monoisotopic (exact) mass is 312 g/mol. The molecule has 1 aliphatic heterocycles. The standard InChI is InChI=1S/C12H13BrN2O3/c1-18-8-2-3-10(13)9(6-8)12(17)15-5-4-14-11(16)7-15/h2-3,6H,4-5,7H2,1H3,(H,14,16). The van der Waals surface area contributed by atoms with Crippen molar-refractivity contribution in [3.8, 4) is 5.75 Å². The zero-order chi connectivity index (χ0) is 13.1. The van der Waals surface area contributed by atoms with Gasteiger partial charge in [0.1, 0.15) is 5.75 Å². The molecule has 0 unspecified atom stereocenters. The summed E-state index contributed by atoms with van der Waals surface area (Å²) in [6.45, 7) is 1.11. The molecule has 0 aromatic heterocycles. The number of piperazine rings is 1. The van der Waals surface area contributed by atoms with E-state index in [0.29, 0.717) is 28.9 Å². The molecular weight excluding hydrogens is 300 g/mol. The highest BCUT2D eigenvalue weighted by Gasteiger charge is 2.23. The molecule has 1 heterocycles. The molecule has 1 aromatic carbocycles. The molecule has 0 saturated carbocycles. The summed E-state index contributed by atoms with van der Waals surface area (Å²) >= 11 is 3.34. The number of halogens is 1. The lowest BCUT2D eigenvalue weighted by Gasteiger charge is -2.27. The minimum absolute atomic E-state index is 0.0997. The van der Waals surface area contributed by atoms with E-state index in [1.54, 1.807) is 25.3 Å². The Labute approximate surface area is 113 Å². The van der Waals surface area contributed by atoms with E-state index in [1.165, 1.54) is 4.90 Å². The number of amides is 2. The summed E-state index contributed by atoms with van der Waals surface area (Å²) in [6.07, 6.45) is 0. The molecule has 0 aliphatic carbocycles. The maximum absolute atomic E-state index is 12.3. The lowest BCUT2D eigenvalue weighted by atomic mass is 10.1. The van der Waals surface area contributed by atoms with Gasteiger partial charge in [-0.25, -0.2) is 0 Å². The lowest BCUT2D eigenvalue weighted by Crippen LogP contribution is -2.50. The highest BCUT2D eigenvalue weighted by atomic mass is 79.9. The number of carbonyl (C=O) groups is 2.